The summed E-state index contributed by atoms with van der Waals surface area (Å²) >= 11 is 0. The lowest BCUT2D eigenvalue weighted by atomic mass is 10.2. The molecule has 2 rings (SSSR count). The van der Waals surface area contributed by atoms with E-state index in [1.54, 1.807) is 0 Å². The maximum Gasteiger partial charge on any atom is 0.0970 e. The monoisotopic (exact) mass is 137 g/mol. The van der Waals surface area contributed by atoms with Crippen LogP contribution in [0.25, 0.3) is 0 Å². The number of nitrogens with two attached hydrogens (primary N) is 1. The molecule has 3 nitrogen and oxygen atoms in total. The molecule has 0 saturated heterocycles. The van der Waals surface area contributed by atoms with E-state index >= 15 is 0 Å². The molecule has 0 bridgehead atoms. The van der Waals surface area contributed by atoms with Gasteiger partial charge in [-0.15, -0.1) is 0 Å². The predicted octanol–water partition coefficient (Wildman–Crippen LogP) is -0.414. The van der Waals surface area contributed by atoms with Crippen molar-refractivity contribution in [3.63, 3.8) is 0 Å². The molecule has 0 aromatic carbocycles. The molecule has 0 saturated carbocycles. The molecular formula is C7H11N3. The second kappa shape index (κ2) is 1.68. The van der Waals surface area contributed by atoms with Crippen LogP contribution in [0.4, 0.5) is 0 Å². The van der Waals surface area contributed by atoms with Gasteiger partial charge in [0.05, 0.1) is 17.9 Å². The van der Waals surface area contributed by atoms with Crippen molar-refractivity contribution in [1.82, 2.24) is 10.2 Å². The van der Waals surface area contributed by atoms with Gasteiger partial charge in [-0.2, -0.15) is 0 Å². The molecule has 2 heterocycles. The number of hydrogen-bond donors (Lipinski definition) is 2. The molecule has 0 aromatic heterocycles. The van der Waals surface area contributed by atoms with Gasteiger partial charge in [-0.25, -0.2) is 0 Å². The summed E-state index contributed by atoms with van der Waals surface area (Å²) in [5, 5.41) is 3.20. The first-order valence-corrected chi connectivity index (χ1v) is 3.42. The van der Waals surface area contributed by atoms with Gasteiger partial charge in [0.2, 0.25) is 0 Å². The van der Waals surface area contributed by atoms with Gasteiger partial charge < -0.3 is 16.0 Å². The smallest absolute Gasteiger partial charge is 0.0970 e. The first-order valence-electron chi connectivity index (χ1n) is 3.42. The third-order valence-corrected chi connectivity index (χ3v) is 2.15. The molecule has 54 valence electrons. The van der Waals surface area contributed by atoms with Crippen molar-refractivity contribution < 1.29 is 0 Å². The van der Waals surface area contributed by atoms with Crippen LogP contribution in [-0.4, -0.2) is 24.0 Å². The van der Waals surface area contributed by atoms with Crippen molar-refractivity contribution in [2.24, 2.45) is 5.73 Å². The van der Waals surface area contributed by atoms with Crippen LogP contribution in [0.15, 0.2) is 24.2 Å². The summed E-state index contributed by atoms with van der Waals surface area (Å²) in [6, 6.07) is 0.852. The van der Waals surface area contributed by atoms with Crippen molar-refractivity contribution in [1.29, 1.82) is 0 Å². The first-order chi connectivity index (χ1) is 4.79. The van der Waals surface area contributed by atoms with Crippen molar-refractivity contribution in [2.45, 2.75) is 12.1 Å². The maximum absolute atomic E-state index is 5.68. The lowest BCUT2D eigenvalue weighted by molar-refractivity contribution is 0.366. The highest BCUT2D eigenvalue weighted by molar-refractivity contribution is 5.25. The average molecular weight is 137 g/mol. The Balaban J connectivity index is 2.25. The first kappa shape index (κ1) is 5.65. The van der Waals surface area contributed by atoms with Crippen molar-refractivity contribution in [2.75, 3.05) is 7.05 Å². The molecule has 0 spiro atoms. The maximum atomic E-state index is 5.68. The highest BCUT2D eigenvalue weighted by atomic mass is 15.3. The van der Waals surface area contributed by atoms with Crippen molar-refractivity contribution in [3.05, 3.63) is 24.2 Å². The van der Waals surface area contributed by atoms with E-state index in [4.69, 9.17) is 5.73 Å². The second-order valence-corrected chi connectivity index (χ2v) is 2.74. The van der Waals surface area contributed by atoms with E-state index < -0.39 is 0 Å². The van der Waals surface area contributed by atoms with Gasteiger partial charge in [-0.1, -0.05) is 0 Å². The molecule has 10 heavy (non-hydrogen) atoms. The largest absolute Gasteiger partial charge is 0.386 e. The van der Waals surface area contributed by atoms with Gasteiger partial charge in [0, 0.05) is 7.05 Å². The number of fused-ring (bicyclic) bond motifs is 1. The van der Waals surface area contributed by atoms with Crippen LogP contribution in [0.1, 0.15) is 0 Å². The summed E-state index contributed by atoms with van der Waals surface area (Å²) in [5.74, 6) is 0.867. The van der Waals surface area contributed by atoms with E-state index in [1.165, 1.54) is 0 Å². The minimum atomic E-state index is 0.407. The highest BCUT2D eigenvalue weighted by Crippen LogP contribution is 2.20. The van der Waals surface area contributed by atoms with E-state index in [1.807, 2.05) is 19.3 Å². The zero-order valence-electron chi connectivity index (χ0n) is 5.91. The molecule has 2 atom stereocenters. The van der Waals surface area contributed by atoms with Crippen molar-refractivity contribution >= 4 is 0 Å². The Morgan fingerprint density at radius 3 is 3.20 bits per heavy atom. The summed E-state index contributed by atoms with van der Waals surface area (Å²) in [6.45, 7) is 0. The van der Waals surface area contributed by atoms with Crippen LogP contribution in [-0.2, 0) is 0 Å². The van der Waals surface area contributed by atoms with Gasteiger partial charge >= 0.3 is 0 Å². The van der Waals surface area contributed by atoms with Gasteiger partial charge in [-0.05, 0) is 18.4 Å². The summed E-state index contributed by atoms with van der Waals surface area (Å²) in [6.07, 6.45) is 6.15. The zero-order valence-corrected chi connectivity index (χ0v) is 5.91. The topological polar surface area (TPSA) is 41.3 Å². The Kier molecular flexibility index (Phi) is 0.952. The lowest BCUT2D eigenvalue weighted by Crippen LogP contribution is -2.34. The molecule has 2 aliphatic rings. The van der Waals surface area contributed by atoms with Crippen LogP contribution in [0, 0.1) is 0 Å². The van der Waals surface area contributed by atoms with Crippen LogP contribution in [0.3, 0.4) is 0 Å². The van der Waals surface area contributed by atoms with E-state index in [0.717, 1.165) is 5.82 Å². The third-order valence-electron chi connectivity index (χ3n) is 2.15. The molecule has 2 unspecified atom stereocenters. The Hall–Kier alpha value is -1.12. The molecule has 0 amide bonds. The summed E-state index contributed by atoms with van der Waals surface area (Å²) in [5.41, 5.74) is 5.68. The van der Waals surface area contributed by atoms with Crippen LogP contribution in [0.5, 0.6) is 0 Å². The van der Waals surface area contributed by atoms with Gasteiger partial charge in [0.1, 0.15) is 0 Å². The van der Waals surface area contributed by atoms with Gasteiger partial charge in [0.15, 0.2) is 0 Å². The predicted molar refractivity (Wildman–Crippen MR) is 39.9 cm³/mol. The van der Waals surface area contributed by atoms with Crippen LogP contribution >= 0.6 is 0 Å². The molecular weight excluding hydrogens is 126 g/mol. The Morgan fingerprint density at radius 2 is 2.50 bits per heavy atom. The Morgan fingerprint density at radius 1 is 1.70 bits per heavy atom. The summed E-state index contributed by atoms with van der Waals surface area (Å²) < 4.78 is 0. The zero-order chi connectivity index (χ0) is 7.14. The number of nitrogens with zero attached hydrogens (tertiary/aromatic N) is 1. The Bertz CT molecular complexity index is 205. The molecule has 0 aliphatic carbocycles. The van der Waals surface area contributed by atoms with E-state index in [9.17, 15) is 0 Å². The van der Waals surface area contributed by atoms with E-state index in [2.05, 4.69) is 16.3 Å². The quantitative estimate of drug-likeness (QED) is 0.476. The fourth-order valence-corrected chi connectivity index (χ4v) is 1.47. The van der Waals surface area contributed by atoms with Gasteiger partial charge in [-0.3, -0.25) is 0 Å². The molecule has 3 N–H and O–H groups in total. The van der Waals surface area contributed by atoms with Crippen LogP contribution in [0.2, 0.25) is 0 Å². The fourth-order valence-electron chi connectivity index (χ4n) is 1.47. The molecule has 2 aliphatic heterocycles. The molecule has 0 aromatic rings. The third kappa shape index (κ3) is 0.546. The molecule has 0 fully saturated rings. The minimum Gasteiger partial charge on any atom is -0.386 e. The number of hydrogen-bond acceptors (Lipinski definition) is 3. The fraction of sp³-hybridized carbons (Fsp3) is 0.429. The lowest BCUT2D eigenvalue weighted by Gasteiger charge is -2.20. The minimum absolute atomic E-state index is 0.407. The molecule has 0 radical (unpaired) electrons. The Labute approximate surface area is 60.2 Å². The summed E-state index contributed by atoms with van der Waals surface area (Å²) in [4.78, 5) is 2.07. The highest BCUT2D eigenvalue weighted by Gasteiger charge is 2.30. The number of nitrogens with one attached hydrogen (secondary N) is 1. The number of rotatable bonds is 0. The second-order valence-electron chi connectivity index (χ2n) is 2.74. The normalized spacial score (nSPS) is 35.7. The molecule has 3 heteroatoms. The standard InChI is InChI=1S/C7H11N3/c1-10-6-2-3-9-5(6)4-7(10)8/h2-6,9H,8H2,1H3. The number of likely N-dealkylation sites (N-methyl/N-ethyl adjacent to an activating group) is 1. The van der Waals surface area contributed by atoms with Crippen LogP contribution < -0.4 is 11.1 Å². The van der Waals surface area contributed by atoms with E-state index in [0.29, 0.717) is 12.1 Å². The van der Waals surface area contributed by atoms with E-state index in [-0.39, 0.29) is 0 Å². The average Bonchev–Trinajstić information content (AvgIpc) is 2.41. The summed E-state index contributed by atoms with van der Waals surface area (Å²) in [7, 11) is 2.01. The van der Waals surface area contributed by atoms with Gasteiger partial charge in [0.25, 0.3) is 0 Å². The SMILES string of the molecule is CN1C(N)=CC2NC=CC21. The van der Waals surface area contributed by atoms with Crippen molar-refractivity contribution in [3.8, 4) is 0 Å².